The summed E-state index contributed by atoms with van der Waals surface area (Å²) in [6, 6.07) is 14.8. The summed E-state index contributed by atoms with van der Waals surface area (Å²) in [4.78, 5) is 22.7. The number of carbonyl (C=O) groups excluding carboxylic acids is 1. The molecule has 1 aromatic heterocycles. The van der Waals surface area contributed by atoms with E-state index in [9.17, 15) is 9.18 Å². The topological polar surface area (TPSA) is 36.4 Å². The molecule has 0 N–H and O–H groups in total. The first-order chi connectivity index (χ1) is 14.0. The van der Waals surface area contributed by atoms with Crippen molar-refractivity contribution in [2.75, 3.05) is 37.8 Å². The predicted molar refractivity (Wildman–Crippen MR) is 129 cm³/mol. The molecule has 0 bridgehead atoms. The van der Waals surface area contributed by atoms with Crippen molar-refractivity contribution < 1.29 is 9.18 Å². The average Bonchev–Trinajstić information content (AvgIpc) is 3.11. The van der Waals surface area contributed by atoms with E-state index < -0.39 is 0 Å². The minimum atomic E-state index is -0.281. The van der Waals surface area contributed by atoms with Crippen molar-refractivity contribution in [3.05, 3.63) is 54.3 Å². The first kappa shape index (κ1) is 24.6. The molecule has 0 radical (unpaired) electrons. The maximum absolute atomic E-state index is 13.5. The van der Waals surface area contributed by atoms with E-state index in [4.69, 9.17) is 0 Å². The standard InChI is InChI=1S/C22H26FN3OS2.ClH/c1-25(2)13-7-14-26(22-24-19-12-11-17(23)16-20(19)29-22)21(27)10-6-15-28-18-8-4-3-5-9-18;/h3-5,8-9,11-12,16H,6-7,10,13-15H2,1-2H3;1H. The van der Waals surface area contributed by atoms with E-state index in [1.54, 1.807) is 22.7 Å². The Kier molecular flexibility index (Phi) is 10.0. The lowest BCUT2D eigenvalue weighted by Gasteiger charge is -2.21. The lowest BCUT2D eigenvalue weighted by Crippen LogP contribution is -2.33. The second-order valence-corrected chi connectivity index (χ2v) is 9.25. The molecule has 3 rings (SSSR count). The van der Waals surface area contributed by atoms with Gasteiger partial charge in [0.25, 0.3) is 0 Å². The summed E-state index contributed by atoms with van der Waals surface area (Å²) in [6.07, 6.45) is 2.15. The molecule has 0 fully saturated rings. The fourth-order valence-corrected chi connectivity index (χ4v) is 4.85. The molecule has 2 aromatic carbocycles. The SMILES string of the molecule is CN(C)CCCN(C(=O)CCCSc1ccccc1)c1nc2ccc(F)cc2s1.Cl. The van der Waals surface area contributed by atoms with Gasteiger partial charge in [0.2, 0.25) is 5.91 Å². The smallest absolute Gasteiger partial charge is 0.228 e. The Bertz CT molecular complexity index is 937. The van der Waals surface area contributed by atoms with Gasteiger partial charge < -0.3 is 4.90 Å². The second kappa shape index (κ2) is 12.2. The molecule has 0 saturated heterocycles. The van der Waals surface area contributed by atoms with Crippen molar-refractivity contribution in [1.82, 2.24) is 9.88 Å². The molecule has 0 atom stereocenters. The Balaban J connectivity index is 0.00000320. The normalized spacial score (nSPS) is 10.9. The third-order valence-electron chi connectivity index (χ3n) is 4.41. The summed E-state index contributed by atoms with van der Waals surface area (Å²) in [5, 5.41) is 0.657. The van der Waals surface area contributed by atoms with Gasteiger partial charge in [0.15, 0.2) is 5.13 Å². The van der Waals surface area contributed by atoms with E-state index in [2.05, 4.69) is 22.0 Å². The minimum Gasteiger partial charge on any atom is -0.309 e. The fourth-order valence-electron chi connectivity index (χ4n) is 2.94. The number of benzene rings is 2. The zero-order valence-electron chi connectivity index (χ0n) is 17.2. The molecule has 0 saturated carbocycles. The van der Waals surface area contributed by atoms with Crippen molar-refractivity contribution >= 4 is 56.8 Å². The zero-order valence-corrected chi connectivity index (χ0v) is 19.7. The molecular weight excluding hydrogens is 441 g/mol. The molecule has 4 nitrogen and oxygen atoms in total. The molecule has 30 heavy (non-hydrogen) atoms. The number of amides is 1. The van der Waals surface area contributed by atoms with Crippen LogP contribution in [0.2, 0.25) is 0 Å². The minimum absolute atomic E-state index is 0. The van der Waals surface area contributed by atoms with Gasteiger partial charge in [-0.05, 0) is 69.6 Å². The van der Waals surface area contributed by atoms with E-state index in [1.807, 2.05) is 32.3 Å². The molecule has 1 heterocycles. The molecular formula is C22H27ClFN3OS2. The Hall–Kier alpha value is -1.67. The predicted octanol–water partition coefficient (Wildman–Crippen LogP) is 5.71. The monoisotopic (exact) mass is 467 g/mol. The van der Waals surface area contributed by atoms with Crippen LogP contribution >= 0.6 is 35.5 Å². The van der Waals surface area contributed by atoms with Gasteiger partial charge in [-0.25, -0.2) is 9.37 Å². The highest BCUT2D eigenvalue weighted by molar-refractivity contribution is 7.99. The third kappa shape index (κ3) is 7.23. The molecule has 0 unspecified atom stereocenters. The summed E-state index contributed by atoms with van der Waals surface area (Å²) < 4.78 is 14.3. The molecule has 0 aliphatic carbocycles. The van der Waals surface area contributed by atoms with Gasteiger partial charge in [-0.15, -0.1) is 24.2 Å². The van der Waals surface area contributed by atoms with Crippen molar-refractivity contribution in [2.45, 2.75) is 24.2 Å². The van der Waals surface area contributed by atoms with Crippen LogP contribution in [0.25, 0.3) is 10.2 Å². The lowest BCUT2D eigenvalue weighted by molar-refractivity contribution is -0.118. The third-order valence-corrected chi connectivity index (χ3v) is 6.54. The number of aromatic nitrogens is 1. The van der Waals surface area contributed by atoms with Crippen LogP contribution in [-0.4, -0.2) is 48.7 Å². The molecule has 1 amide bonds. The van der Waals surface area contributed by atoms with Gasteiger partial charge in [0, 0.05) is 17.9 Å². The highest BCUT2D eigenvalue weighted by Gasteiger charge is 2.19. The number of anilines is 1. The number of hydrogen-bond acceptors (Lipinski definition) is 5. The highest BCUT2D eigenvalue weighted by Crippen LogP contribution is 2.30. The van der Waals surface area contributed by atoms with E-state index >= 15 is 0 Å². The van der Waals surface area contributed by atoms with Crippen molar-refractivity contribution in [2.24, 2.45) is 0 Å². The van der Waals surface area contributed by atoms with Crippen LogP contribution in [0.3, 0.4) is 0 Å². The highest BCUT2D eigenvalue weighted by atomic mass is 35.5. The van der Waals surface area contributed by atoms with Gasteiger partial charge in [-0.2, -0.15) is 0 Å². The molecule has 162 valence electrons. The number of nitrogens with zero attached hydrogens (tertiary/aromatic N) is 3. The van der Waals surface area contributed by atoms with Gasteiger partial charge in [0.1, 0.15) is 5.82 Å². The van der Waals surface area contributed by atoms with E-state index in [1.165, 1.54) is 28.4 Å². The largest absolute Gasteiger partial charge is 0.309 e. The molecule has 0 spiro atoms. The number of hydrogen-bond donors (Lipinski definition) is 0. The van der Waals surface area contributed by atoms with Gasteiger partial charge >= 0.3 is 0 Å². The average molecular weight is 468 g/mol. The van der Waals surface area contributed by atoms with Crippen LogP contribution in [0.15, 0.2) is 53.4 Å². The number of thiazole rings is 1. The number of rotatable bonds is 10. The summed E-state index contributed by atoms with van der Waals surface area (Å²) in [7, 11) is 4.04. The van der Waals surface area contributed by atoms with Gasteiger partial charge in [-0.3, -0.25) is 9.69 Å². The van der Waals surface area contributed by atoms with Crippen LogP contribution in [0.4, 0.5) is 9.52 Å². The van der Waals surface area contributed by atoms with Crippen molar-refractivity contribution in [3.63, 3.8) is 0 Å². The first-order valence-corrected chi connectivity index (χ1v) is 11.5. The van der Waals surface area contributed by atoms with Crippen LogP contribution in [0, 0.1) is 5.82 Å². The Morgan fingerprint density at radius 2 is 1.87 bits per heavy atom. The van der Waals surface area contributed by atoms with Crippen LogP contribution < -0.4 is 4.90 Å². The lowest BCUT2D eigenvalue weighted by atomic mass is 10.3. The first-order valence-electron chi connectivity index (χ1n) is 9.72. The number of carbonyl (C=O) groups is 1. The molecule has 0 aliphatic rings. The Morgan fingerprint density at radius 3 is 2.60 bits per heavy atom. The number of thioether (sulfide) groups is 1. The number of fused-ring (bicyclic) bond motifs is 1. The van der Waals surface area contributed by atoms with Crippen molar-refractivity contribution in [3.8, 4) is 0 Å². The summed E-state index contributed by atoms with van der Waals surface area (Å²) in [6.45, 7) is 1.51. The number of halogens is 2. The fraction of sp³-hybridized carbons (Fsp3) is 0.364. The van der Waals surface area contributed by atoms with Crippen LogP contribution in [0.5, 0.6) is 0 Å². The van der Waals surface area contributed by atoms with E-state index in [0.29, 0.717) is 18.1 Å². The summed E-state index contributed by atoms with van der Waals surface area (Å²) in [5.41, 5.74) is 0.733. The maximum Gasteiger partial charge on any atom is 0.228 e. The van der Waals surface area contributed by atoms with Gasteiger partial charge in [-0.1, -0.05) is 29.5 Å². The summed E-state index contributed by atoms with van der Waals surface area (Å²) >= 11 is 3.14. The zero-order chi connectivity index (χ0) is 20.6. The van der Waals surface area contributed by atoms with E-state index in [0.717, 1.165) is 35.4 Å². The maximum atomic E-state index is 13.5. The molecule has 8 heteroatoms. The Labute approximate surface area is 191 Å². The molecule has 0 aliphatic heterocycles. The molecule has 3 aromatic rings. The Morgan fingerprint density at radius 1 is 1.10 bits per heavy atom. The van der Waals surface area contributed by atoms with Crippen molar-refractivity contribution in [1.29, 1.82) is 0 Å². The second-order valence-electron chi connectivity index (χ2n) is 7.08. The van der Waals surface area contributed by atoms with E-state index in [-0.39, 0.29) is 24.1 Å². The van der Waals surface area contributed by atoms with Crippen LogP contribution in [-0.2, 0) is 4.79 Å². The quantitative estimate of drug-likeness (QED) is 0.282. The summed E-state index contributed by atoms with van der Waals surface area (Å²) in [5.74, 6) is 0.694. The van der Waals surface area contributed by atoms with Gasteiger partial charge in [0.05, 0.1) is 10.2 Å². The van der Waals surface area contributed by atoms with Crippen LogP contribution in [0.1, 0.15) is 19.3 Å².